The van der Waals surface area contributed by atoms with Gasteiger partial charge in [0, 0.05) is 73.5 Å². The number of nitrogens with zero attached hydrogens (tertiary/aromatic N) is 7. The van der Waals surface area contributed by atoms with Gasteiger partial charge in [-0.15, -0.1) is 11.8 Å². The number of ether oxygens (including phenoxy) is 1. The van der Waals surface area contributed by atoms with Crippen LogP contribution in [0.25, 0.3) is 0 Å². The summed E-state index contributed by atoms with van der Waals surface area (Å²) >= 11 is 15.3. The van der Waals surface area contributed by atoms with E-state index in [9.17, 15) is 9.18 Å². The largest absolute Gasteiger partial charge is 0.467 e. The average molecular weight is 718 g/mol. The summed E-state index contributed by atoms with van der Waals surface area (Å²) in [5.41, 5.74) is 12.6. The standard InChI is InChI=1S/C27H31Cl2N7O2S.C7H12FN/c1-34(2)26(37)24-23(29)20-12-35(7-4-8-36(20)33-24)25-17-13-39-21(11-19(17)31-27(32-25)38-3)16-9-15(30)10-18(28)22(16)14-5-6-14;8-6-4-7-2-1-3-9(7)5-6/h9-10,14,21H,4-8,11-13,30H2,1-3H3;6-7H,1-5H2. The van der Waals surface area contributed by atoms with Crippen molar-refractivity contribution in [2.24, 2.45) is 0 Å². The number of aryl methyl sites for hydroxylation is 1. The number of hydrogen-bond donors (Lipinski definition) is 1. The number of benzene rings is 1. The topological polar surface area (TPSA) is 106 Å². The van der Waals surface area contributed by atoms with Gasteiger partial charge in [0.05, 0.1) is 30.1 Å². The van der Waals surface area contributed by atoms with E-state index in [1.807, 2.05) is 22.5 Å². The first kappa shape index (κ1) is 33.7. The van der Waals surface area contributed by atoms with Crippen LogP contribution in [0.15, 0.2) is 12.1 Å². The Labute approximate surface area is 295 Å². The molecule has 3 atom stereocenters. The van der Waals surface area contributed by atoms with Crippen LogP contribution in [-0.4, -0.2) is 88.5 Å². The number of thioether (sulfide) groups is 1. The van der Waals surface area contributed by atoms with Gasteiger partial charge in [-0.1, -0.05) is 23.2 Å². The highest BCUT2D eigenvalue weighted by Crippen LogP contribution is 2.52. The van der Waals surface area contributed by atoms with Crippen molar-refractivity contribution >= 4 is 52.4 Å². The third-order valence-electron chi connectivity index (χ3n) is 10.1. The van der Waals surface area contributed by atoms with Crippen molar-refractivity contribution in [3.8, 4) is 6.01 Å². The number of amides is 1. The van der Waals surface area contributed by atoms with Crippen molar-refractivity contribution in [3.63, 3.8) is 0 Å². The third-order valence-corrected chi connectivity index (χ3v) is 12.0. The lowest BCUT2D eigenvalue weighted by Gasteiger charge is -2.31. The second-order valence-electron chi connectivity index (χ2n) is 13.7. The zero-order valence-electron chi connectivity index (χ0n) is 27.7. The Morgan fingerprint density at radius 2 is 1.94 bits per heavy atom. The Kier molecular flexibility index (Phi) is 9.71. The zero-order valence-corrected chi connectivity index (χ0v) is 30.1. The molecule has 48 heavy (non-hydrogen) atoms. The van der Waals surface area contributed by atoms with Gasteiger partial charge in [0.1, 0.15) is 12.0 Å². The molecule has 0 bridgehead atoms. The molecule has 2 aromatic heterocycles. The summed E-state index contributed by atoms with van der Waals surface area (Å²) in [5, 5.41) is 5.91. The van der Waals surface area contributed by atoms with E-state index in [4.69, 9.17) is 43.6 Å². The Morgan fingerprint density at radius 1 is 1.12 bits per heavy atom. The van der Waals surface area contributed by atoms with E-state index in [1.54, 1.807) is 21.2 Å². The molecule has 2 N–H and O–H groups in total. The molecule has 1 amide bonds. The monoisotopic (exact) mass is 716 g/mol. The van der Waals surface area contributed by atoms with Gasteiger partial charge in [0.25, 0.3) is 5.91 Å². The minimum absolute atomic E-state index is 0.196. The van der Waals surface area contributed by atoms with E-state index in [-0.39, 0.29) is 16.9 Å². The van der Waals surface area contributed by atoms with Crippen LogP contribution in [0.2, 0.25) is 10.0 Å². The molecule has 6 heterocycles. The summed E-state index contributed by atoms with van der Waals surface area (Å²) in [6, 6.07) is 4.91. The lowest BCUT2D eigenvalue weighted by Crippen LogP contribution is -2.27. The average Bonchev–Trinajstić information content (AvgIpc) is 3.67. The van der Waals surface area contributed by atoms with Crippen molar-refractivity contribution in [1.29, 1.82) is 0 Å². The highest BCUT2D eigenvalue weighted by molar-refractivity contribution is 7.98. The molecule has 1 aliphatic carbocycles. The molecular weight excluding hydrogens is 674 g/mol. The number of fused-ring (bicyclic) bond motifs is 3. The molecule has 3 fully saturated rings. The summed E-state index contributed by atoms with van der Waals surface area (Å²) in [6.07, 6.45) is 6.72. The number of methoxy groups -OCH3 is 1. The molecule has 4 aliphatic heterocycles. The highest BCUT2D eigenvalue weighted by atomic mass is 35.5. The molecule has 3 aromatic rings. The van der Waals surface area contributed by atoms with Gasteiger partial charge in [-0.3, -0.25) is 14.4 Å². The van der Waals surface area contributed by atoms with Crippen LogP contribution in [0, 0.1) is 0 Å². The van der Waals surface area contributed by atoms with Crippen LogP contribution in [0.3, 0.4) is 0 Å². The van der Waals surface area contributed by atoms with E-state index >= 15 is 0 Å². The van der Waals surface area contributed by atoms with Gasteiger partial charge in [-0.05, 0) is 74.2 Å². The van der Waals surface area contributed by atoms with Crippen molar-refractivity contribution in [2.75, 3.05) is 51.5 Å². The molecule has 8 rings (SSSR count). The minimum Gasteiger partial charge on any atom is -0.467 e. The predicted octanol–water partition coefficient (Wildman–Crippen LogP) is 6.28. The fourth-order valence-electron chi connectivity index (χ4n) is 7.55. The first-order chi connectivity index (χ1) is 23.1. The first-order valence-electron chi connectivity index (χ1n) is 16.8. The second-order valence-corrected chi connectivity index (χ2v) is 15.7. The van der Waals surface area contributed by atoms with E-state index < -0.39 is 6.17 Å². The molecule has 258 valence electrons. The van der Waals surface area contributed by atoms with E-state index in [0.717, 1.165) is 65.9 Å². The number of nitrogens with two attached hydrogens (primary N) is 1. The van der Waals surface area contributed by atoms with Gasteiger partial charge < -0.3 is 20.3 Å². The van der Waals surface area contributed by atoms with Crippen LogP contribution in [0.4, 0.5) is 15.9 Å². The number of nitrogen functional groups attached to an aromatic ring is 1. The highest BCUT2D eigenvalue weighted by Gasteiger charge is 2.36. The van der Waals surface area contributed by atoms with Crippen LogP contribution >= 0.6 is 35.0 Å². The number of anilines is 2. The molecule has 0 radical (unpaired) electrons. The van der Waals surface area contributed by atoms with Crippen molar-refractivity contribution < 1.29 is 13.9 Å². The Balaban J connectivity index is 0.000000347. The van der Waals surface area contributed by atoms with Gasteiger partial charge >= 0.3 is 6.01 Å². The lowest BCUT2D eigenvalue weighted by atomic mass is 9.96. The third kappa shape index (κ3) is 6.69. The van der Waals surface area contributed by atoms with Gasteiger partial charge in [0.15, 0.2) is 5.69 Å². The minimum atomic E-state index is -0.518. The number of hydrogen-bond acceptors (Lipinski definition) is 9. The molecule has 2 saturated heterocycles. The summed E-state index contributed by atoms with van der Waals surface area (Å²) in [5.74, 6) is 1.91. The van der Waals surface area contributed by atoms with Gasteiger partial charge in [-0.2, -0.15) is 15.1 Å². The molecule has 1 saturated carbocycles. The maximum Gasteiger partial charge on any atom is 0.318 e. The molecule has 1 aromatic carbocycles. The zero-order chi connectivity index (χ0) is 33.7. The normalized spacial score (nSPS) is 23.5. The van der Waals surface area contributed by atoms with Crippen LogP contribution in [0.5, 0.6) is 6.01 Å². The number of rotatable bonds is 5. The molecule has 14 heteroatoms. The van der Waals surface area contributed by atoms with E-state index in [0.29, 0.717) is 48.3 Å². The van der Waals surface area contributed by atoms with Gasteiger partial charge in [0.2, 0.25) is 0 Å². The molecular formula is C34H43Cl2FN8O2S. The SMILES string of the molecule is COc1nc2c(c(N3CCCn4nc(C(=O)N(C)C)c(Cl)c4C3)n1)CSC(c1cc(N)cc(Cl)c1C1CC1)C2.FC1CC2CCCN2C1. The molecule has 5 aliphatic rings. The smallest absolute Gasteiger partial charge is 0.318 e. The fraction of sp³-hybridized carbons (Fsp3) is 0.588. The Morgan fingerprint density at radius 3 is 2.67 bits per heavy atom. The van der Waals surface area contributed by atoms with Crippen LogP contribution in [-0.2, 0) is 25.3 Å². The lowest BCUT2D eigenvalue weighted by molar-refractivity contribution is 0.0821. The Hall–Kier alpha value is -2.80. The number of alkyl halides is 1. The summed E-state index contributed by atoms with van der Waals surface area (Å²) in [4.78, 5) is 28.3. The van der Waals surface area contributed by atoms with Crippen molar-refractivity contribution in [1.82, 2.24) is 29.5 Å². The molecule has 0 spiro atoms. The summed E-state index contributed by atoms with van der Waals surface area (Å²) < 4.78 is 20.0. The molecule has 10 nitrogen and oxygen atoms in total. The maximum absolute atomic E-state index is 12.7. The maximum atomic E-state index is 12.7. The number of carbonyl (C=O) groups is 1. The fourth-order valence-corrected chi connectivity index (χ4v) is 9.53. The van der Waals surface area contributed by atoms with Crippen molar-refractivity contribution in [2.45, 2.75) is 87.2 Å². The second kappa shape index (κ2) is 13.8. The number of halogens is 3. The first-order valence-corrected chi connectivity index (χ1v) is 18.7. The predicted molar refractivity (Wildman–Crippen MR) is 189 cm³/mol. The number of carbonyl (C=O) groups excluding carboxylic acids is 1. The van der Waals surface area contributed by atoms with Crippen LogP contribution in [0.1, 0.15) is 88.3 Å². The van der Waals surface area contributed by atoms with Crippen LogP contribution < -0.4 is 15.4 Å². The quantitative estimate of drug-likeness (QED) is 0.305. The Bertz CT molecular complexity index is 1690. The van der Waals surface area contributed by atoms with E-state index in [2.05, 4.69) is 21.0 Å². The summed E-state index contributed by atoms with van der Waals surface area (Å²) in [7, 11) is 4.99. The summed E-state index contributed by atoms with van der Waals surface area (Å²) in [6.45, 7) is 3.79. The molecule has 3 unspecified atom stereocenters. The number of aromatic nitrogens is 4. The van der Waals surface area contributed by atoms with E-state index in [1.165, 1.54) is 41.7 Å². The van der Waals surface area contributed by atoms with Gasteiger partial charge in [-0.25, -0.2) is 4.39 Å². The van der Waals surface area contributed by atoms with Crippen molar-refractivity contribution in [3.05, 3.63) is 56.0 Å².